The van der Waals surface area contributed by atoms with Crippen molar-refractivity contribution in [1.29, 1.82) is 0 Å². The molecule has 0 aliphatic heterocycles. The Kier molecular flexibility index (Phi) is 4.15. The molecule has 92 valence electrons. The molecular weight excluding hydrogens is 204 g/mol. The second-order valence-corrected chi connectivity index (χ2v) is 4.72. The maximum absolute atomic E-state index is 11.9. The molecule has 1 rings (SSSR count). The molecule has 0 aromatic carbocycles. The lowest BCUT2D eigenvalue weighted by Gasteiger charge is -2.29. The first kappa shape index (κ1) is 12.8. The maximum Gasteiger partial charge on any atom is 0.225 e. The van der Waals surface area contributed by atoms with Crippen molar-refractivity contribution in [1.82, 2.24) is 4.90 Å². The van der Waals surface area contributed by atoms with E-state index >= 15 is 0 Å². The number of rotatable bonds is 3. The highest BCUT2D eigenvalue weighted by atomic mass is 16.2. The van der Waals surface area contributed by atoms with Gasteiger partial charge in [-0.1, -0.05) is 13.8 Å². The summed E-state index contributed by atoms with van der Waals surface area (Å²) in [6.07, 6.45) is 3.01. The quantitative estimate of drug-likeness (QED) is 0.536. The van der Waals surface area contributed by atoms with Gasteiger partial charge in [0.25, 0.3) is 0 Å². The van der Waals surface area contributed by atoms with Crippen molar-refractivity contribution in [3.8, 4) is 0 Å². The van der Waals surface area contributed by atoms with Gasteiger partial charge in [0.05, 0.1) is 12.1 Å². The van der Waals surface area contributed by atoms with Crippen LogP contribution in [-0.2, 0) is 4.79 Å². The number of nitrogens with two attached hydrogens (primary N) is 2. The molecule has 0 aromatic rings. The summed E-state index contributed by atoms with van der Waals surface area (Å²) < 4.78 is 0. The van der Waals surface area contributed by atoms with Gasteiger partial charge in [0, 0.05) is 13.0 Å². The van der Waals surface area contributed by atoms with Crippen LogP contribution in [0.4, 0.5) is 0 Å². The van der Waals surface area contributed by atoms with Gasteiger partial charge in [-0.25, -0.2) is 4.99 Å². The summed E-state index contributed by atoms with van der Waals surface area (Å²) in [4.78, 5) is 17.9. The number of carbonyl (C=O) groups is 1. The van der Waals surface area contributed by atoms with Crippen molar-refractivity contribution in [2.45, 2.75) is 45.2 Å². The summed E-state index contributed by atoms with van der Waals surface area (Å²) in [7, 11) is 1.84. The SMILES string of the molecule is CC(C)C(=O)N(C)C1CCCC1N=C(N)N. The van der Waals surface area contributed by atoms with Gasteiger partial charge in [0.1, 0.15) is 0 Å². The third-order valence-corrected chi connectivity index (χ3v) is 3.10. The van der Waals surface area contributed by atoms with Crippen molar-refractivity contribution in [3.63, 3.8) is 0 Å². The van der Waals surface area contributed by atoms with Crippen LogP contribution in [0.5, 0.6) is 0 Å². The van der Waals surface area contributed by atoms with Crippen molar-refractivity contribution in [2.24, 2.45) is 22.4 Å². The number of hydrogen-bond acceptors (Lipinski definition) is 2. The van der Waals surface area contributed by atoms with Gasteiger partial charge in [-0.05, 0) is 19.3 Å². The van der Waals surface area contributed by atoms with E-state index in [0.29, 0.717) is 0 Å². The average molecular weight is 226 g/mol. The number of likely N-dealkylation sites (N-methyl/N-ethyl adjacent to an activating group) is 1. The zero-order valence-electron chi connectivity index (χ0n) is 10.3. The molecule has 0 heterocycles. The van der Waals surface area contributed by atoms with Crippen LogP contribution >= 0.6 is 0 Å². The summed E-state index contributed by atoms with van der Waals surface area (Å²) >= 11 is 0. The Balaban J connectivity index is 2.71. The van der Waals surface area contributed by atoms with E-state index in [1.54, 1.807) is 4.90 Å². The van der Waals surface area contributed by atoms with Crippen LogP contribution < -0.4 is 11.5 Å². The standard InChI is InChI=1S/C11H22N4O/c1-7(2)10(16)15(3)9-6-4-5-8(9)14-11(12)13/h7-9H,4-6H2,1-3H3,(H4,12,13,14). The number of aliphatic imine (C=N–C) groups is 1. The third kappa shape index (κ3) is 2.87. The molecule has 0 saturated heterocycles. The van der Waals surface area contributed by atoms with Crippen LogP contribution in [0.3, 0.4) is 0 Å². The van der Waals surface area contributed by atoms with Gasteiger partial charge in [-0.2, -0.15) is 0 Å². The largest absolute Gasteiger partial charge is 0.370 e. The molecule has 16 heavy (non-hydrogen) atoms. The van der Waals surface area contributed by atoms with Crippen LogP contribution in [0.15, 0.2) is 4.99 Å². The third-order valence-electron chi connectivity index (χ3n) is 3.10. The smallest absolute Gasteiger partial charge is 0.225 e. The Morgan fingerprint density at radius 3 is 2.50 bits per heavy atom. The average Bonchev–Trinajstić information content (AvgIpc) is 2.62. The molecule has 0 radical (unpaired) electrons. The Labute approximate surface area is 96.9 Å². The van der Waals surface area contributed by atoms with E-state index < -0.39 is 0 Å². The lowest BCUT2D eigenvalue weighted by atomic mass is 10.1. The summed E-state index contributed by atoms with van der Waals surface area (Å²) in [6.45, 7) is 3.81. The van der Waals surface area contributed by atoms with E-state index in [9.17, 15) is 4.79 Å². The number of carbonyl (C=O) groups excluding carboxylic acids is 1. The fraction of sp³-hybridized carbons (Fsp3) is 0.818. The molecule has 5 nitrogen and oxygen atoms in total. The summed E-state index contributed by atoms with van der Waals surface area (Å²) in [5.41, 5.74) is 10.8. The molecule has 1 aliphatic rings. The van der Waals surface area contributed by atoms with E-state index in [2.05, 4.69) is 4.99 Å². The highest BCUT2D eigenvalue weighted by Crippen LogP contribution is 2.26. The number of guanidine groups is 1. The summed E-state index contributed by atoms with van der Waals surface area (Å²) in [6, 6.07) is 0.217. The second kappa shape index (κ2) is 5.18. The van der Waals surface area contributed by atoms with Crippen molar-refractivity contribution in [3.05, 3.63) is 0 Å². The molecule has 4 N–H and O–H groups in total. The zero-order chi connectivity index (χ0) is 12.3. The lowest BCUT2D eigenvalue weighted by Crippen LogP contribution is -2.43. The molecule has 1 amide bonds. The first-order chi connectivity index (χ1) is 7.43. The van der Waals surface area contributed by atoms with Crippen molar-refractivity contribution >= 4 is 11.9 Å². The van der Waals surface area contributed by atoms with E-state index in [4.69, 9.17) is 11.5 Å². The van der Waals surface area contributed by atoms with Crippen molar-refractivity contribution in [2.75, 3.05) is 7.05 Å². The fourth-order valence-corrected chi connectivity index (χ4v) is 2.29. The molecule has 2 atom stereocenters. The molecule has 5 heteroatoms. The number of amides is 1. The van der Waals surface area contributed by atoms with Crippen LogP contribution in [0.25, 0.3) is 0 Å². The highest BCUT2D eigenvalue weighted by molar-refractivity contribution is 5.78. The maximum atomic E-state index is 11.9. The minimum absolute atomic E-state index is 0.0189. The predicted molar refractivity (Wildman–Crippen MR) is 64.8 cm³/mol. The minimum atomic E-state index is 0.0189. The number of nitrogens with zero attached hydrogens (tertiary/aromatic N) is 2. The van der Waals surface area contributed by atoms with E-state index in [1.165, 1.54) is 0 Å². The van der Waals surface area contributed by atoms with E-state index in [0.717, 1.165) is 19.3 Å². The Bertz CT molecular complexity index is 284. The molecule has 1 fully saturated rings. The first-order valence-electron chi connectivity index (χ1n) is 5.79. The van der Waals surface area contributed by atoms with Gasteiger partial charge >= 0.3 is 0 Å². The molecule has 0 aromatic heterocycles. The Morgan fingerprint density at radius 1 is 1.38 bits per heavy atom. The number of hydrogen-bond donors (Lipinski definition) is 2. The van der Waals surface area contributed by atoms with Gasteiger partial charge in [-0.15, -0.1) is 0 Å². The zero-order valence-corrected chi connectivity index (χ0v) is 10.3. The first-order valence-corrected chi connectivity index (χ1v) is 5.79. The van der Waals surface area contributed by atoms with Gasteiger partial charge < -0.3 is 16.4 Å². The van der Waals surface area contributed by atoms with Crippen LogP contribution in [0.2, 0.25) is 0 Å². The van der Waals surface area contributed by atoms with E-state index in [1.807, 2.05) is 20.9 Å². The van der Waals surface area contributed by atoms with Gasteiger partial charge in [-0.3, -0.25) is 4.79 Å². The summed E-state index contributed by atoms with van der Waals surface area (Å²) in [5.74, 6) is 0.287. The topological polar surface area (TPSA) is 84.7 Å². The fourth-order valence-electron chi connectivity index (χ4n) is 2.29. The van der Waals surface area contributed by atoms with Crippen LogP contribution in [0, 0.1) is 5.92 Å². The Hall–Kier alpha value is -1.26. The molecule has 2 unspecified atom stereocenters. The van der Waals surface area contributed by atoms with Crippen molar-refractivity contribution < 1.29 is 4.79 Å². The normalized spacial score (nSPS) is 24.5. The van der Waals surface area contributed by atoms with Crippen LogP contribution in [0.1, 0.15) is 33.1 Å². The summed E-state index contributed by atoms with van der Waals surface area (Å²) in [5, 5.41) is 0. The van der Waals surface area contributed by atoms with Gasteiger partial charge in [0.2, 0.25) is 5.91 Å². The highest BCUT2D eigenvalue weighted by Gasteiger charge is 2.33. The Morgan fingerprint density at radius 2 is 2.00 bits per heavy atom. The molecule has 0 bridgehead atoms. The minimum Gasteiger partial charge on any atom is -0.370 e. The van der Waals surface area contributed by atoms with Gasteiger partial charge in [0.15, 0.2) is 5.96 Å². The molecule has 0 spiro atoms. The molecular formula is C11H22N4O. The predicted octanol–water partition coefficient (Wildman–Crippen LogP) is 0.295. The lowest BCUT2D eigenvalue weighted by molar-refractivity contribution is -0.135. The van der Waals surface area contributed by atoms with Crippen LogP contribution in [-0.4, -0.2) is 35.9 Å². The monoisotopic (exact) mass is 226 g/mol. The molecule has 1 aliphatic carbocycles. The molecule has 1 saturated carbocycles. The van der Waals surface area contributed by atoms with E-state index in [-0.39, 0.29) is 29.9 Å². The second-order valence-electron chi connectivity index (χ2n) is 4.72.